The van der Waals surface area contributed by atoms with E-state index in [9.17, 15) is 4.79 Å². The molecule has 1 rings (SSSR count). The molecular formula is C10H15N5OS. The van der Waals surface area contributed by atoms with Gasteiger partial charge in [-0.05, 0) is 0 Å². The molecule has 0 spiro atoms. The van der Waals surface area contributed by atoms with E-state index in [1.54, 1.807) is 4.90 Å². The zero-order chi connectivity index (χ0) is 12.8. The third-order valence-electron chi connectivity index (χ3n) is 2.21. The molecule has 0 aliphatic carbocycles. The number of urea groups is 1. The van der Waals surface area contributed by atoms with Crippen molar-refractivity contribution in [3.8, 4) is 6.19 Å². The van der Waals surface area contributed by atoms with Crippen molar-refractivity contribution in [2.75, 3.05) is 20.1 Å². The quantitative estimate of drug-likeness (QED) is 0.636. The Morgan fingerprint density at radius 3 is 3.00 bits per heavy atom. The number of nitrogens with one attached hydrogen (secondary N) is 2. The fraction of sp³-hybridized carbons (Fsp3) is 0.400. The topological polar surface area (TPSA) is 94.2 Å². The van der Waals surface area contributed by atoms with Gasteiger partial charge in [0, 0.05) is 30.6 Å². The minimum Gasteiger partial charge on any atom is -0.401 e. The first kappa shape index (κ1) is 13.3. The van der Waals surface area contributed by atoms with Gasteiger partial charge in [0.25, 0.3) is 0 Å². The maximum atomic E-state index is 11.1. The molecule has 7 heteroatoms. The van der Waals surface area contributed by atoms with Crippen LogP contribution in [0.25, 0.3) is 0 Å². The van der Waals surface area contributed by atoms with Crippen molar-refractivity contribution in [3.05, 3.63) is 22.2 Å². The maximum Gasteiger partial charge on any atom is 0.319 e. The van der Waals surface area contributed by atoms with Crippen molar-refractivity contribution in [3.63, 3.8) is 0 Å². The minimum atomic E-state index is -0.324. The van der Waals surface area contributed by atoms with E-state index in [0.717, 1.165) is 10.6 Å². The Kier molecular flexibility index (Phi) is 4.72. The first-order chi connectivity index (χ1) is 8.06. The summed E-state index contributed by atoms with van der Waals surface area (Å²) in [4.78, 5) is 13.5. The van der Waals surface area contributed by atoms with Gasteiger partial charge in [0.1, 0.15) is 0 Å². The molecule has 2 amide bonds. The van der Waals surface area contributed by atoms with Crippen LogP contribution in [0.3, 0.4) is 0 Å². The van der Waals surface area contributed by atoms with Crippen LogP contribution in [0.15, 0.2) is 22.2 Å². The average Bonchev–Trinajstić information content (AvgIpc) is 2.31. The summed E-state index contributed by atoms with van der Waals surface area (Å²) in [6.07, 6.45) is 2.74. The lowest BCUT2D eigenvalue weighted by atomic mass is 10.2. The van der Waals surface area contributed by atoms with Crippen LogP contribution < -0.4 is 16.4 Å². The molecule has 0 saturated carbocycles. The fourth-order valence-corrected chi connectivity index (χ4v) is 2.19. The van der Waals surface area contributed by atoms with Gasteiger partial charge < -0.3 is 21.3 Å². The summed E-state index contributed by atoms with van der Waals surface area (Å²) in [5.41, 5.74) is 6.61. The van der Waals surface area contributed by atoms with Crippen molar-refractivity contribution in [1.82, 2.24) is 15.5 Å². The SMILES string of the molecule is C=C(NC(=O)NC)SC1=C(N)CCN(C#N)C1. The number of carbonyl (C=O) groups excluding carboxylic acids is 1. The summed E-state index contributed by atoms with van der Waals surface area (Å²) < 4.78 is 0. The number of carbonyl (C=O) groups is 1. The summed E-state index contributed by atoms with van der Waals surface area (Å²) in [5.74, 6) is 0. The lowest BCUT2D eigenvalue weighted by molar-refractivity contribution is 0.246. The van der Waals surface area contributed by atoms with E-state index in [1.165, 1.54) is 18.8 Å². The predicted octanol–water partition coefficient (Wildman–Crippen LogP) is 0.477. The van der Waals surface area contributed by atoms with Gasteiger partial charge in [0.05, 0.1) is 11.6 Å². The molecule has 92 valence electrons. The second-order valence-corrected chi connectivity index (χ2v) is 4.64. The van der Waals surface area contributed by atoms with Crippen molar-refractivity contribution in [2.24, 2.45) is 5.73 Å². The number of thioether (sulfide) groups is 1. The van der Waals surface area contributed by atoms with Gasteiger partial charge in [0.15, 0.2) is 6.19 Å². The highest BCUT2D eigenvalue weighted by atomic mass is 32.2. The van der Waals surface area contributed by atoms with Crippen LogP contribution in [0.5, 0.6) is 0 Å². The number of amides is 2. The largest absolute Gasteiger partial charge is 0.401 e. The molecule has 6 nitrogen and oxygen atoms in total. The standard InChI is InChI=1S/C10H15N5OS/c1-7(14-10(16)13-2)17-9-5-15(6-11)4-3-8(9)12/h1,3-5,12H2,2H3,(H2,13,14,16). The maximum absolute atomic E-state index is 11.1. The van der Waals surface area contributed by atoms with E-state index < -0.39 is 0 Å². The Morgan fingerprint density at radius 1 is 1.71 bits per heavy atom. The van der Waals surface area contributed by atoms with Gasteiger partial charge in [-0.1, -0.05) is 18.3 Å². The number of nitrogens with two attached hydrogens (primary N) is 1. The number of hydrogen-bond acceptors (Lipinski definition) is 5. The minimum absolute atomic E-state index is 0.324. The van der Waals surface area contributed by atoms with E-state index in [-0.39, 0.29) is 6.03 Å². The van der Waals surface area contributed by atoms with Crippen LogP contribution in [0.4, 0.5) is 4.79 Å². The molecule has 4 N–H and O–H groups in total. The van der Waals surface area contributed by atoms with Gasteiger partial charge in [-0.2, -0.15) is 5.26 Å². The van der Waals surface area contributed by atoms with Crippen molar-refractivity contribution in [2.45, 2.75) is 6.42 Å². The van der Waals surface area contributed by atoms with Crippen LogP contribution in [0.1, 0.15) is 6.42 Å². The molecule has 0 bridgehead atoms. The second-order valence-electron chi connectivity index (χ2n) is 3.45. The first-order valence-electron chi connectivity index (χ1n) is 5.04. The van der Waals surface area contributed by atoms with E-state index in [0.29, 0.717) is 24.5 Å². The zero-order valence-electron chi connectivity index (χ0n) is 9.62. The summed E-state index contributed by atoms with van der Waals surface area (Å²) in [6, 6.07) is -0.324. The molecule has 0 atom stereocenters. The van der Waals surface area contributed by atoms with Crippen molar-refractivity contribution in [1.29, 1.82) is 5.26 Å². The molecule has 0 radical (unpaired) electrons. The highest BCUT2D eigenvalue weighted by Gasteiger charge is 2.17. The van der Waals surface area contributed by atoms with Crippen LogP contribution in [0, 0.1) is 11.5 Å². The molecule has 0 unspecified atom stereocenters. The number of nitrogens with zero attached hydrogens (tertiary/aromatic N) is 2. The molecule has 0 aromatic rings. The monoisotopic (exact) mass is 253 g/mol. The number of nitriles is 1. The predicted molar refractivity (Wildman–Crippen MR) is 67.3 cm³/mol. The Hall–Kier alpha value is -1.81. The van der Waals surface area contributed by atoms with Gasteiger partial charge in [-0.3, -0.25) is 0 Å². The molecule has 0 aromatic carbocycles. The summed E-state index contributed by atoms with van der Waals surface area (Å²) in [5, 5.41) is 14.3. The summed E-state index contributed by atoms with van der Waals surface area (Å²) >= 11 is 1.29. The smallest absolute Gasteiger partial charge is 0.319 e. The highest BCUT2D eigenvalue weighted by Crippen LogP contribution is 2.28. The van der Waals surface area contributed by atoms with Gasteiger partial charge in [0.2, 0.25) is 0 Å². The molecule has 0 aromatic heterocycles. The van der Waals surface area contributed by atoms with E-state index in [4.69, 9.17) is 11.0 Å². The third kappa shape index (κ3) is 3.92. The fourth-order valence-electron chi connectivity index (χ4n) is 1.30. The second kappa shape index (κ2) is 6.06. The summed E-state index contributed by atoms with van der Waals surface area (Å²) in [6.45, 7) is 4.84. The van der Waals surface area contributed by atoms with Gasteiger partial charge >= 0.3 is 6.03 Å². The van der Waals surface area contributed by atoms with Crippen LogP contribution in [-0.4, -0.2) is 31.1 Å². The lowest BCUT2D eigenvalue weighted by Crippen LogP contribution is -2.32. The molecular weight excluding hydrogens is 238 g/mol. The van der Waals surface area contributed by atoms with Crippen molar-refractivity contribution >= 4 is 17.8 Å². The molecule has 1 aliphatic rings. The number of hydrogen-bond donors (Lipinski definition) is 3. The lowest BCUT2D eigenvalue weighted by Gasteiger charge is -2.24. The van der Waals surface area contributed by atoms with Crippen molar-refractivity contribution < 1.29 is 4.79 Å². The van der Waals surface area contributed by atoms with Gasteiger partial charge in [-0.25, -0.2) is 4.79 Å². The van der Waals surface area contributed by atoms with E-state index in [2.05, 4.69) is 23.4 Å². The van der Waals surface area contributed by atoms with Crippen LogP contribution in [0.2, 0.25) is 0 Å². The van der Waals surface area contributed by atoms with E-state index >= 15 is 0 Å². The molecule has 1 heterocycles. The Labute approximate surface area is 105 Å². The number of rotatable bonds is 3. The molecule has 0 saturated heterocycles. The van der Waals surface area contributed by atoms with Gasteiger partial charge in [-0.15, -0.1) is 0 Å². The van der Waals surface area contributed by atoms with Crippen LogP contribution >= 0.6 is 11.8 Å². The molecule has 1 aliphatic heterocycles. The highest BCUT2D eigenvalue weighted by molar-refractivity contribution is 8.06. The summed E-state index contributed by atoms with van der Waals surface area (Å²) in [7, 11) is 1.53. The average molecular weight is 253 g/mol. The molecule has 17 heavy (non-hydrogen) atoms. The zero-order valence-corrected chi connectivity index (χ0v) is 10.4. The first-order valence-corrected chi connectivity index (χ1v) is 5.86. The third-order valence-corrected chi connectivity index (χ3v) is 3.20. The van der Waals surface area contributed by atoms with E-state index in [1.807, 2.05) is 0 Å². The molecule has 0 fully saturated rings. The Bertz CT molecular complexity index is 398. The van der Waals surface area contributed by atoms with Crippen LogP contribution in [-0.2, 0) is 0 Å². The Morgan fingerprint density at radius 2 is 2.41 bits per heavy atom. The Balaban J connectivity index is 2.58. The normalized spacial score (nSPS) is 15.2.